The molecule has 1 rings (SSSR count). The van der Waals surface area contributed by atoms with Gasteiger partial charge in [-0.25, -0.2) is 4.79 Å². The molecule has 108 valence electrons. The molecule has 19 heavy (non-hydrogen) atoms. The zero-order valence-electron chi connectivity index (χ0n) is 11.8. The molecule has 1 aliphatic rings. The molecule has 0 aromatic heterocycles. The molecule has 0 saturated carbocycles. The lowest BCUT2D eigenvalue weighted by Crippen LogP contribution is -2.42. The summed E-state index contributed by atoms with van der Waals surface area (Å²) in [4.78, 5) is 24.1. The molecule has 1 unspecified atom stereocenters. The lowest BCUT2D eigenvalue weighted by Gasteiger charge is -2.26. The molecule has 2 amide bonds. The Hall–Kier alpha value is -1.52. The molecule has 0 aromatic carbocycles. The van der Waals surface area contributed by atoms with Crippen LogP contribution in [0.3, 0.4) is 0 Å². The van der Waals surface area contributed by atoms with Crippen LogP contribution in [0.4, 0.5) is 4.79 Å². The fourth-order valence-electron chi connectivity index (χ4n) is 2.01. The van der Waals surface area contributed by atoms with Gasteiger partial charge < -0.3 is 15.3 Å². The number of carbonyl (C=O) groups is 2. The highest BCUT2D eigenvalue weighted by Crippen LogP contribution is 2.11. The van der Waals surface area contributed by atoms with E-state index >= 15 is 0 Å². The smallest absolute Gasteiger partial charge is 0.317 e. The van der Waals surface area contributed by atoms with E-state index in [1.807, 2.05) is 6.92 Å². The molecule has 1 atom stereocenters. The van der Waals surface area contributed by atoms with Gasteiger partial charge in [-0.1, -0.05) is 18.6 Å². The predicted molar refractivity (Wildman–Crippen MR) is 74.0 cm³/mol. The molecule has 0 bridgehead atoms. The van der Waals surface area contributed by atoms with Gasteiger partial charge in [0.1, 0.15) is 0 Å². The van der Waals surface area contributed by atoms with Gasteiger partial charge in [-0.15, -0.1) is 0 Å². The first-order chi connectivity index (χ1) is 8.99. The van der Waals surface area contributed by atoms with Crippen molar-refractivity contribution in [3.8, 4) is 0 Å². The summed E-state index contributed by atoms with van der Waals surface area (Å²) < 4.78 is 0. The number of nitrogens with zero attached hydrogens (tertiary/aromatic N) is 1. The largest absolute Gasteiger partial charge is 0.481 e. The van der Waals surface area contributed by atoms with Crippen molar-refractivity contribution >= 4 is 12.0 Å². The van der Waals surface area contributed by atoms with Crippen molar-refractivity contribution in [1.82, 2.24) is 10.2 Å². The molecular formula is C14H24N2O3. The van der Waals surface area contributed by atoms with Crippen molar-refractivity contribution in [2.45, 2.75) is 39.5 Å². The summed E-state index contributed by atoms with van der Waals surface area (Å²) in [7, 11) is 0. The van der Waals surface area contributed by atoms with Gasteiger partial charge in [0, 0.05) is 26.1 Å². The molecule has 0 radical (unpaired) electrons. The second kappa shape index (κ2) is 7.81. The standard InChI is InChI=1S/C14H24N2O3/c1-11(3-4-13(17)18)5-8-15-14(19)16-9-6-12(2)7-10-16/h6,11H,3-5,7-10H2,1-2H3,(H,15,19)(H,17,18). The summed E-state index contributed by atoms with van der Waals surface area (Å²) in [6, 6.07) is -0.0193. The summed E-state index contributed by atoms with van der Waals surface area (Å²) in [5, 5.41) is 11.5. The third-order valence-corrected chi connectivity index (χ3v) is 3.49. The van der Waals surface area contributed by atoms with Gasteiger partial charge in [-0.05, 0) is 32.1 Å². The fraction of sp³-hybridized carbons (Fsp3) is 0.714. The minimum absolute atomic E-state index is 0.0193. The van der Waals surface area contributed by atoms with E-state index in [0.717, 1.165) is 19.4 Å². The number of hydrogen-bond acceptors (Lipinski definition) is 2. The number of hydrogen-bond donors (Lipinski definition) is 2. The first-order valence-corrected chi connectivity index (χ1v) is 6.89. The van der Waals surface area contributed by atoms with Crippen LogP contribution in [0.15, 0.2) is 11.6 Å². The van der Waals surface area contributed by atoms with E-state index < -0.39 is 5.97 Å². The molecule has 0 aromatic rings. The van der Waals surface area contributed by atoms with E-state index in [-0.39, 0.29) is 12.5 Å². The molecule has 5 nitrogen and oxygen atoms in total. The Morgan fingerprint density at radius 3 is 2.79 bits per heavy atom. The molecule has 0 spiro atoms. The van der Waals surface area contributed by atoms with Crippen molar-refractivity contribution in [3.63, 3.8) is 0 Å². The number of aliphatic carboxylic acids is 1. The summed E-state index contributed by atoms with van der Waals surface area (Å²) in [5.41, 5.74) is 1.34. The average Bonchev–Trinajstić information content (AvgIpc) is 2.37. The first kappa shape index (κ1) is 15.5. The highest BCUT2D eigenvalue weighted by molar-refractivity contribution is 5.74. The number of amides is 2. The van der Waals surface area contributed by atoms with Crippen LogP contribution in [0.5, 0.6) is 0 Å². The van der Waals surface area contributed by atoms with Crippen molar-refractivity contribution in [1.29, 1.82) is 0 Å². The monoisotopic (exact) mass is 268 g/mol. The topological polar surface area (TPSA) is 69.6 Å². The van der Waals surface area contributed by atoms with E-state index in [4.69, 9.17) is 5.11 Å². The Bertz CT molecular complexity index is 353. The van der Waals surface area contributed by atoms with Crippen LogP contribution in [0.1, 0.15) is 39.5 Å². The maximum Gasteiger partial charge on any atom is 0.317 e. The normalized spacial score (nSPS) is 16.7. The Kier molecular flexibility index (Phi) is 6.39. The van der Waals surface area contributed by atoms with Crippen molar-refractivity contribution in [2.75, 3.05) is 19.6 Å². The lowest BCUT2D eigenvalue weighted by atomic mass is 10.0. The van der Waals surface area contributed by atoms with E-state index in [1.165, 1.54) is 5.57 Å². The zero-order valence-corrected chi connectivity index (χ0v) is 11.8. The minimum Gasteiger partial charge on any atom is -0.481 e. The van der Waals surface area contributed by atoms with Crippen LogP contribution < -0.4 is 5.32 Å². The molecule has 2 N–H and O–H groups in total. The Morgan fingerprint density at radius 2 is 2.21 bits per heavy atom. The van der Waals surface area contributed by atoms with Gasteiger partial charge in [-0.2, -0.15) is 0 Å². The van der Waals surface area contributed by atoms with E-state index in [1.54, 1.807) is 4.90 Å². The maximum absolute atomic E-state index is 11.8. The van der Waals surface area contributed by atoms with E-state index in [0.29, 0.717) is 25.4 Å². The summed E-state index contributed by atoms with van der Waals surface area (Å²) in [6.45, 7) is 6.18. The van der Waals surface area contributed by atoms with E-state index in [9.17, 15) is 9.59 Å². The van der Waals surface area contributed by atoms with Crippen LogP contribution in [0, 0.1) is 5.92 Å². The number of carboxylic acid groups (broad SMARTS) is 1. The predicted octanol–water partition coefficient (Wildman–Crippen LogP) is 2.24. The zero-order chi connectivity index (χ0) is 14.3. The number of carbonyl (C=O) groups excluding carboxylic acids is 1. The summed E-state index contributed by atoms with van der Waals surface area (Å²) >= 11 is 0. The third kappa shape index (κ3) is 6.27. The van der Waals surface area contributed by atoms with Crippen LogP contribution in [0.25, 0.3) is 0 Å². The van der Waals surface area contributed by atoms with Gasteiger partial charge in [0.2, 0.25) is 0 Å². The van der Waals surface area contributed by atoms with Crippen molar-refractivity contribution < 1.29 is 14.7 Å². The fourth-order valence-corrected chi connectivity index (χ4v) is 2.01. The first-order valence-electron chi connectivity index (χ1n) is 6.89. The Labute approximate surface area is 114 Å². The number of rotatable bonds is 6. The minimum atomic E-state index is -0.758. The molecule has 0 saturated heterocycles. The van der Waals surface area contributed by atoms with Crippen LogP contribution in [-0.4, -0.2) is 41.6 Å². The molecule has 1 heterocycles. The van der Waals surface area contributed by atoms with E-state index in [2.05, 4.69) is 18.3 Å². The highest BCUT2D eigenvalue weighted by Gasteiger charge is 2.15. The lowest BCUT2D eigenvalue weighted by molar-refractivity contribution is -0.137. The number of nitrogens with one attached hydrogen (secondary N) is 1. The van der Waals surface area contributed by atoms with Crippen LogP contribution >= 0.6 is 0 Å². The highest BCUT2D eigenvalue weighted by atomic mass is 16.4. The molecule has 0 fully saturated rings. The number of urea groups is 1. The second-order valence-electron chi connectivity index (χ2n) is 5.30. The average molecular weight is 268 g/mol. The molecule has 0 aliphatic carbocycles. The Morgan fingerprint density at radius 1 is 1.47 bits per heavy atom. The van der Waals surface area contributed by atoms with Gasteiger partial charge >= 0.3 is 12.0 Å². The maximum atomic E-state index is 11.8. The van der Waals surface area contributed by atoms with Crippen molar-refractivity contribution in [3.05, 3.63) is 11.6 Å². The SMILES string of the molecule is CC1=CCN(C(=O)NCCC(C)CCC(=O)O)CC1. The second-order valence-corrected chi connectivity index (χ2v) is 5.30. The Balaban J connectivity index is 2.15. The summed E-state index contributed by atoms with van der Waals surface area (Å²) in [5.74, 6) is -0.439. The van der Waals surface area contributed by atoms with Gasteiger partial charge in [0.05, 0.1) is 0 Å². The number of carboxylic acids is 1. The summed E-state index contributed by atoms with van der Waals surface area (Å²) in [6.07, 6.45) is 4.71. The van der Waals surface area contributed by atoms with Crippen LogP contribution in [-0.2, 0) is 4.79 Å². The van der Waals surface area contributed by atoms with Crippen molar-refractivity contribution in [2.24, 2.45) is 5.92 Å². The molecule has 1 aliphatic heterocycles. The molecular weight excluding hydrogens is 244 g/mol. The van der Waals surface area contributed by atoms with Gasteiger partial charge in [-0.3, -0.25) is 4.79 Å². The van der Waals surface area contributed by atoms with Crippen LogP contribution in [0.2, 0.25) is 0 Å². The third-order valence-electron chi connectivity index (χ3n) is 3.49. The van der Waals surface area contributed by atoms with Gasteiger partial charge in [0.25, 0.3) is 0 Å². The quantitative estimate of drug-likeness (QED) is 0.726. The van der Waals surface area contributed by atoms with Gasteiger partial charge in [0.15, 0.2) is 0 Å². The molecule has 5 heteroatoms.